The highest BCUT2D eigenvalue weighted by Crippen LogP contribution is 2.40. The number of aliphatic hydroxyl groups is 1. The van der Waals surface area contributed by atoms with Crippen LogP contribution in [0.2, 0.25) is 0 Å². The summed E-state index contributed by atoms with van der Waals surface area (Å²) in [6.45, 7) is 4.39. The molecule has 4 atom stereocenters. The van der Waals surface area contributed by atoms with Gasteiger partial charge in [-0.3, -0.25) is 0 Å². The predicted octanol–water partition coefficient (Wildman–Crippen LogP) is 2.25. The summed E-state index contributed by atoms with van der Waals surface area (Å²) >= 11 is 0. The third kappa shape index (κ3) is 4.53. The quantitative estimate of drug-likeness (QED) is 0.746. The molecule has 110 valence electrons. The summed E-state index contributed by atoms with van der Waals surface area (Å²) in [4.78, 5) is 11.8. The van der Waals surface area contributed by atoms with Crippen LogP contribution >= 0.6 is 0 Å². The monoisotopic (exact) mass is 276 g/mol. The van der Waals surface area contributed by atoms with Crippen LogP contribution in [0, 0.1) is 5.92 Å². The zero-order valence-corrected chi connectivity index (χ0v) is 12.2. The van der Waals surface area contributed by atoms with E-state index in [1.54, 1.807) is 6.92 Å². The molecule has 1 fully saturated rings. The van der Waals surface area contributed by atoms with E-state index < -0.39 is 0 Å². The number of carbonyl (C=O) groups is 1. The first kappa shape index (κ1) is 14.9. The van der Waals surface area contributed by atoms with Gasteiger partial charge < -0.3 is 15.7 Å². The van der Waals surface area contributed by atoms with Gasteiger partial charge in [0.05, 0.1) is 6.10 Å². The molecule has 0 spiro atoms. The summed E-state index contributed by atoms with van der Waals surface area (Å²) in [5.41, 5.74) is 1.29. The minimum Gasteiger partial charge on any atom is -0.393 e. The maximum atomic E-state index is 11.8. The van der Waals surface area contributed by atoms with Crippen LogP contribution in [0.4, 0.5) is 4.79 Å². The Bertz CT molecular complexity index is 433. The smallest absolute Gasteiger partial charge is 0.315 e. The van der Waals surface area contributed by atoms with Crippen molar-refractivity contribution in [1.82, 2.24) is 10.6 Å². The van der Waals surface area contributed by atoms with Crippen LogP contribution in [0.3, 0.4) is 0 Å². The lowest BCUT2D eigenvalue weighted by Crippen LogP contribution is -2.39. The molecule has 1 saturated carbocycles. The molecule has 20 heavy (non-hydrogen) atoms. The number of urea groups is 1. The molecular formula is C16H24N2O2. The predicted molar refractivity (Wildman–Crippen MR) is 79.6 cm³/mol. The number of nitrogens with one attached hydrogen (secondary N) is 2. The fraction of sp³-hybridized carbons (Fsp3) is 0.562. The van der Waals surface area contributed by atoms with Crippen molar-refractivity contribution in [3.8, 4) is 0 Å². The molecule has 1 aromatic carbocycles. The average Bonchev–Trinajstić information content (AvgIpc) is 3.16. The maximum Gasteiger partial charge on any atom is 0.315 e. The second-order valence-electron chi connectivity index (χ2n) is 5.90. The number of hydrogen-bond acceptors (Lipinski definition) is 2. The van der Waals surface area contributed by atoms with Gasteiger partial charge in [-0.15, -0.1) is 0 Å². The van der Waals surface area contributed by atoms with E-state index in [1.165, 1.54) is 5.56 Å². The minimum absolute atomic E-state index is 0.106. The molecule has 2 amide bonds. The van der Waals surface area contributed by atoms with E-state index >= 15 is 0 Å². The molecule has 4 unspecified atom stereocenters. The third-order valence-electron chi connectivity index (χ3n) is 3.69. The topological polar surface area (TPSA) is 61.4 Å². The summed E-state index contributed by atoms with van der Waals surface area (Å²) in [6.07, 6.45) is 1.40. The molecular weight excluding hydrogens is 252 g/mol. The van der Waals surface area contributed by atoms with Crippen LogP contribution in [0.15, 0.2) is 30.3 Å². The van der Waals surface area contributed by atoms with Crippen molar-refractivity contribution in [2.24, 2.45) is 5.92 Å². The lowest BCUT2D eigenvalue weighted by Gasteiger charge is -2.14. The third-order valence-corrected chi connectivity index (χ3v) is 3.69. The second-order valence-corrected chi connectivity index (χ2v) is 5.90. The van der Waals surface area contributed by atoms with Crippen molar-refractivity contribution < 1.29 is 9.90 Å². The van der Waals surface area contributed by atoms with Crippen LogP contribution in [0.1, 0.15) is 38.2 Å². The van der Waals surface area contributed by atoms with Crippen LogP contribution in [-0.2, 0) is 0 Å². The number of carbonyl (C=O) groups excluding carboxylic acids is 1. The molecule has 3 N–H and O–H groups in total. The first-order valence-corrected chi connectivity index (χ1v) is 7.33. The van der Waals surface area contributed by atoms with Gasteiger partial charge in [0.2, 0.25) is 0 Å². The number of benzene rings is 1. The normalized spacial score (nSPS) is 23.8. The Hall–Kier alpha value is -1.55. The van der Waals surface area contributed by atoms with E-state index in [2.05, 4.69) is 22.8 Å². The molecule has 4 heteroatoms. The van der Waals surface area contributed by atoms with E-state index in [-0.39, 0.29) is 24.1 Å². The molecule has 0 radical (unpaired) electrons. The van der Waals surface area contributed by atoms with E-state index in [0.717, 1.165) is 6.42 Å². The first-order valence-electron chi connectivity index (χ1n) is 7.33. The molecule has 0 bridgehead atoms. The Kier molecular flexibility index (Phi) is 5.01. The molecule has 4 nitrogen and oxygen atoms in total. The second kappa shape index (κ2) is 6.75. The van der Waals surface area contributed by atoms with Gasteiger partial charge in [-0.2, -0.15) is 0 Å². The van der Waals surface area contributed by atoms with E-state index in [9.17, 15) is 9.90 Å². The molecule has 0 aliphatic heterocycles. The van der Waals surface area contributed by atoms with Crippen molar-refractivity contribution in [2.75, 3.05) is 6.54 Å². The summed E-state index contributed by atoms with van der Waals surface area (Å²) in [6, 6.07) is 10.4. The Morgan fingerprint density at radius 2 is 2.05 bits per heavy atom. The van der Waals surface area contributed by atoms with Gasteiger partial charge in [0, 0.05) is 18.5 Å². The van der Waals surface area contributed by atoms with Gasteiger partial charge >= 0.3 is 6.03 Å². The highest BCUT2D eigenvalue weighted by molar-refractivity contribution is 5.74. The van der Waals surface area contributed by atoms with Crippen molar-refractivity contribution in [2.45, 2.75) is 44.8 Å². The summed E-state index contributed by atoms with van der Waals surface area (Å²) in [5.74, 6) is 0.738. The van der Waals surface area contributed by atoms with Crippen LogP contribution in [0.5, 0.6) is 0 Å². The fourth-order valence-corrected chi connectivity index (χ4v) is 2.58. The molecule has 1 aliphatic carbocycles. The van der Waals surface area contributed by atoms with Crippen LogP contribution in [0.25, 0.3) is 0 Å². The standard InChI is InChI=1S/C16H24N2O2/c1-11(8-12(2)19)10-17-16(20)18-15-9-14(15)13-6-4-3-5-7-13/h3-7,11-12,14-15,19H,8-10H2,1-2H3,(H2,17,18,20). The van der Waals surface area contributed by atoms with Gasteiger partial charge in [-0.25, -0.2) is 4.79 Å². The highest BCUT2D eigenvalue weighted by atomic mass is 16.3. The summed E-state index contributed by atoms with van der Waals surface area (Å²) in [5, 5.41) is 15.1. The van der Waals surface area contributed by atoms with Crippen molar-refractivity contribution >= 4 is 6.03 Å². The summed E-state index contributed by atoms with van der Waals surface area (Å²) in [7, 11) is 0. The molecule has 2 rings (SSSR count). The highest BCUT2D eigenvalue weighted by Gasteiger charge is 2.39. The molecule has 1 aliphatic rings. The first-order chi connectivity index (χ1) is 9.56. The van der Waals surface area contributed by atoms with Gasteiger partial charge in [0.15, 0.2) is 0 Å². The van der Waals surface area contributed by atoms with Crippen LogP contribution in [-0.4, -0.2) is 29.8 Å². The average molecular weight is 276 g/mol. The number of amides is 2. The summed E-state index contributed by atoms with van der Waals surface area (Å²) < 4.78 is 0. The molecule has 0 saturated heterocycles. The largest absolute Gasteiger partial charge is 0.393 e. The fourth-order valence-electron chi connectivity index (χ4n) is 2.58. The van der Waals surface area contributed by atoms with Gasteiger partial charge in [0.1, 0.15) is 0 Å². The zero-order chi connectivity index (χ0) is 14.5. The molecule has 1 aromatic rings. The van der Waals surface area contributed by atoms with Crippen molar-refractivity contribution in [3.63, 3.8) is 0 Å². The number of aliphatic hydroxyl groups excluding tert-OH is 1. The maximum absolute atomic E-state index is 11.8. The van der Waals surface area contributed by atoms with E-state index in [0.29, 0.717) is 18.9 Å². The van der Waals surface area contributed by atoms with Gasteiger partial charge in [-0.1, -0.05) is 37.3 Å². The molecule has 0 aromatic heterocycles. The number of rotatable bonds is 6. The van der Waals surface area contributed by atoms with Gasteiger partial charge in [-0.05, 0) is 31.2 Å². The lowest BCUT2D eigenvalue weighted by molar-refractivity contribution is 0.163. The van der Waals surface area contributed by atoms with Crippen molar-refractivity contribution in [1.29, 1.82) is 0 Å². The van der Waals surface area contributed by atoms with E-state index in [4.69, 9.17) is 0 Å². The SMILES string of the molecule is CC(O)CC(C)CNC(=O)NC1CC1c1ccccc1. The Morgan fingerprint density at radius 3 is 2.70 bits per heavy atom. The molecule has 0 heterocycles. The van der Waals surface area contributed by atoms with Gasteiger partial charge in [0.25, 0.3) is 0 Å². The minimum atomic E-state index is -0.319. The number of hydrogen-bond donors (Lipinski definition) is 3. The van der Waals surface area contributed by atoms with Crippen LogP contribution < -0.4 is 10.6 Å². The Balaban J connectivity index is 1.67. The Morgan fingerprint density at radius 1 is 1.35 bits per heavy atom. The zero-order valence-electron chi connectivity index (χ0n) is 12.2. The van der Waals surface area contributed by atoms with Crippen molar-refractivity contribution in [3.05, 3.63) is 35.9 Å². The van der Waals surface area contributed by atoms with E-state index in [1.807, 2.05) is 25.1 Å². The Labute approximate surface area is 120 Å². The lowest BCUT2D eigenvalue weighted by atomic mass is 10.1.